The van der Waals surface area contributed by atoms with Crippen molar-refractivity contribution in [1.82, 2.24) is 0 Å². The Morgan fingerprint density at radius 2 is 2.00 bits per heavy atom. The highest BCUT2D eigenvalue weighted by Gasteiger charge is 2.18. The lowest BCUT2D eigenvalue weighted by molar-refractivity contribution is 0.253. The van der Waals surface area contributed by atoms with Crippen molar-refractivity contribution in [3.63, 3.8) is 0 Å². The minimum atomic E-state index is 0.283. The summed E-state index contributed by atoms with van der Waals surface area (Å²) < 4.78 is 11.6. The molecule has 1 aromatic carbocycles. The summed E-state index contributed by atoms with van der Waals surface area (Å²) in [7, 11) is 0. The van der Waals surface area contributed by atoms with Crippen molar-refractivity contribution in [3.8, 4) is 11.5 Å². The van der Waals surface area contributed by atoms with Crippen LogP contribution in [0.3, 0.4) is 0 Å². The Hall–Kier alpha value is -1.70. The van der Waals surface area contributed by atoms with Crippen LogP contribution in [-0.4, -0.2) is 12.7 Å². The Kier molecular flexibility index (Phi) is 5.70. The fourth-order valence-corrected chi connectivity index (χ4v) is 2.49. The molecular weight excluding hydrogens is 272 g/mol. The second kappa shape index (κ2) is 7.53. The number of benzene rings is 1. The van der Waals surface area contributed by atoms with E-state index in [1.54, 1.807) is 0 Å². The van der Waals surface area contributed by atoms with Gasteiger partial charge in [0.2, 0.25) is 0 Å². The molecule has 0 aliphatic carbocycles. The molecular formula is C20H28O2. The molecule has 0 N–H and O–H groups in total. The molecule has 0 amide bonds. The van der Waals surface area contributed by atoms with E-state index in [2.05, 4.69) is 46.8 Å². The summed E-state index contributed by atoms with van der Waals surface area (Å²) in [5.41, 5.74) is 5.57. The minimum absolute atomic E-state index is 0.283. The van der Waals surface area contributed by atoms with Crippen LogP contribution in [0.4, 0.5) is 0 Å². The lowest BCUT2D eigenvalue weighted by Gasteiger charge is -2.08. The molecule has 1 atom stereocenters. The van der Waals surface area contributed by atoms with E-state index in [-0.39, 0.29) is 6.10 Å². The molecule has 1 aromatic rings. The van der Waals surface area contributed by atoms with Gasteiger partial charge in [-0.05, 0) is 65.2 Å². The van der Waals surface area contributed by atoms with Crippen molar-refractivity contribution in [2.24, 2.45) is 0 Å². The summed E-state index contributed by atoms with van der Waals surface area (Å²) in [4.78, 5) is 0. The standard InChI is InChI=1S/C20H28O2/c1-14(2)16(4)7-6-15(3)10-11-21-19-9-8-18-12-17(5)22-20(18)13-19/h8-10,13,17H,6-7,11-12H2,1-5H3/b15-10+. The number of rotatable bonds is 6. The van der Waals surface area contributed by atoms with Crippen molar-refractivity contribution < 1.29 is 9.47 Å². The van der Waals surface area contributed by atoms with E-state index in [4.69, 9.17) is 9.47 Å². The third-order valence-corrected chi connectivity index (χ3v) is 4.30. The van der Waals surface area contributed by atoms with Crippen LogP contribution in [0.2, 0.25) is 0 Å². The molecule has 0 bridgehead atoms. The van der Waals surface area contributed by atoms with E-state index < -0.39 is 0 Å². The summed E-state index contributed by atoms with van der Waals surface area (Å²) >= 11 is 0. The molecule has 0 spiro atoms. The number of hydrogen-bond acceptors (Lipinski definition) is 2. The van der Waals surface area contributed by atoms with Crippen LogP contribution in [0.15, 0.2) is 41.0 Å². The third-order valence-electron chi connectivity index (χ3n) is 4.30. The van der Waals surface area contributed by atoms with Gasteiger partial charge in [-0.25, -0.2) is 0 Å². The van der Waals surface area contributed by atoms with Gasteiger partial charge >= 0.3 is 0 Å². The first-order valence-corrected chi connectivity index (χ1v) is 8.16. The largest absolute Gasteiger partial charge is 0.490 e. The zero-order chi connectivity index (χ0) is 16.1. The van der Waals surface area contributed by atoms with Crippen LogP contribution in [0.5, 0.6) is 11.5 Å². The van der Waals surface area contributed by atoms with Gasteiger partial charge in [-0.3, -0.25) is 0 Å². The fourth-order valence-electron chi connectivity index (χ4n) is 2.49. The summed E-state index contributed by atoms with van der Waals surface area (Å²) in [5.74, 6) is 1.86. The van der Waals surface area contributed by atoms with E-state index in [1.807, 2.05) is 12.1 Å². The quantitative estimate of drug-likeness (QED) is 0.648. The predicted octanol–water partition coefficient (Wildman–Crippen LogP) is 5.47. The topological polar surface area (TPSA) is 18.5 Å². The van der Waals surface area contributed by atoms with E-state index in [0.717, 1.165) is 30.8 Å². The molecule has 2 nitrogen and oxygen atoms in total. The molecule has 1 unspecified atom stereocenters. The molecule has 0 saturated carbocycles. The Bertz CT molecular complexity index is 577. The van der Waals surface area contributed by atoms with Gasteiger partial charge in [0.25, 0.3) is 0 Å². The smallest absolute Gasteiger partial charge is 0.126 e. The van der Waals surface area contributed by atoms with Gasteiger partial charge in [-0.1, -0.05) is 22.8 Å². The third kappa shape index (κ3) is 4.66. The van der Waals surface area contributed by atoms with Crippen LogP contribution in [-0.2, 0) is 6.42 Å². The molecule has 1 aliphatic heterocycles. The maximum absolute atomic E-state index is 5.82. The summed E-state index contributed by atoms with van der Waals surface area (Å²) in [6, 6.07) is 6.16. The van der Waals surface area contributed by atoms with Crippen molar-refractivity contribution in [3.05, 3.63) is 46.6 Å². The fraction of sp³-hybridized carbons (Fsp3) is 0.500. The van der Waals surface area contributed by atoms with Gasteiger partial charge < -0.3 is 9.47 Å². The number of fused-ring (bicyclic) bond motifs is 1. The van der Waals surface area contributed by atoms with Crippen LogP contribution in [0.1, 0.15) is 53.0 Å². The zero-order valence-electron chi connectivity index (χ0n) is 14.5. The molecule has 22 heavy (non-hydrogen) atoms. The van der Waals surface area contributed by atoms with E-state index in [9.17, 15) is 0 Å². The van der Waals surface area contributed by atoms with Crippen LogP contribution in [0, 0.1) is 0 Å². The van der Waals surface area contributed by atoms with E-state index in [0.29, 0.717) is 6.61 Å². The maximum atomic E-state index is 5.82. The Morgan fingerprint density at radius 1 is 1.23 bits per heavy atom. The summed E-state index contributed by atoms with van der Waals surface area (Å²) in [6.45, 7) is 11.5. The van der Waals surface area contributed by atoms with Gasteiger partial charge in [0.15, 0.2) is 0 Å². The first-order chi connectivity index (χ1) is 10.5. The van der Waals surface area contributed by atoms with Crippen LogP contribution in [0.25, 0.3) is 0 Å². The van der Waals surface area contributed by atoms with Gasteiger partial charge in [0.05, 0.1) is 0 Å². The van der Waals surface area contributed by atoms with Gasteiger partial charge in [0.1, 0.15) is 24.2 Å². The number of ether oxygens (including phenoxy) is 2. The normalized spacial score (nSPS) is 17.0. The highest BCUT2D eigenvalue weighted by Crippen LogP contribution is 2.32. The minimum Gasteiger partial charge on any atom is -0.490 e. The second-order valence-corrected chi connectivity index (χ2v) is 6.54. The van der Waals surface area contributed by atoms with Crippen molar-refractivity contribution >= 4 is 0 Å². The molecule has 1 aliphatic rings. The number of hydrogen-bond donors (Lipinski definition) is 0. The Morgan fingerprint density at radius 3 is 2.73 bits per heavy atom. The molecule has 2 heteroatoms. The van der Waals surface area contributed by atoms with Crippen LogP contribution < -0.4 is 9.47 Å². The van der Waals surface area contributed by atoms with E-state index in [1.165, 1.54) is 22.3 Å². The average molecular weight is 300 g/mol. The first-order valence-electron chi connectivity index (χ1n) is 8.16. The van der Waals surface area contributed by atoms with Crippen molar-refractivity contribution in [2.75, 3.05) is 6.61 Å². The van der Waals surface area contributed by atoms with Gasteiger partial charge in [0, 0.05) is 12.5 Å². The Balaban J connectivity index is 1.82. The number of allylic oxidation sites excluding steroid dienone is 3. The van der Waals surface area contributed by atoms with Crippen molar-refractivity contribution in [2.45, 2.75) is 60.0 Å². The highest BCUT2D eigenvalue weighted by atomic mass is 16.5. The molecule has 2 rings (SSSR count). The van der Waals surface area contributed by atoms with Crippen molar-refractivity contribution in [1.29, 1.82) is 0 Å². The summed E-state index contributed by atoms with van der Waals surface area (Å²) in [6.07, 6.45) is 5.69. The zero-order valence-corrected chi connectivity index (χ0v) is 14.5. The molecule has 0 fully saturated rings. The molecule has 1 heterocycles. The van der Waals surface area contributed by atoms with Gasteiger partial charge in [-0.15, -0.1) is 0 Å². The SMILES string of the molecule is CC(C)=C(C)CC/C(C)=C/COc1ccc2c(c1)OC(C)C2. The lowest BCUT2D eigenvalue weighted by atomic mass is 10.0. The lowest BCUT2D eigenvalue weighted by Crippen LogP contribution is -2.05. The monoisotopic (exact) mass is 300 g/mol. The summed E-state index contributed by atoms with van der Waals surface area (Å²) in [5, 5.41) is 0. The highest BCUT2D eigenvalue weighted by molar-refractivity contribution is 5.43. The Labute approximate surface area is 134 Å². The van der Waals surface area contributed by atoms with Gasteiger partial charge in [-0.2, -0.15) is 0 Å². The molecule has 0 radical (unpaired) electrons. The van der Waals surface area contributed by atoms with Crippen LogP contribution >= 0.6 is 0 Å². The van der Waals surface area contributed by atoms with E-state index >= 15 is 0 Å². The first kappa shape index (κ1) is 16.7. The molecule has 0 aromatic heterocycles. The molecule has 120 valence electrons. The molecule has 0 saturated heterocycles. The maximum Gasteiger partial charge on any atom is 0.126 e. The predicted molar refractivity (Wildman–Crippen MR) is 92.8 cm³/mol. The average Bonchev–Trinajstić information content (AvgIpc) is 2.83. The second-order valence-electron chi connectivity index (χ2n) is 6.54.